The maximum absolute atomic E-state index is 12.2. The molecule has 3 nitrogen and oxygen atoms in total. The topological polar surface area (TPSA) is 34.9 Å². The first-order valence-electron chi connectivity index (χ1n) is 5.63. The molecule has 3 aromatic rings. The van der Waals surface area contributed by atoms with Gasteiger partial charge in [0.1, 0.15) is 0 Å². The molecule has 3 aromatic heterocycles. The summed E-state index contributed by atoms with van der Waals surface area (Å²) in [5.74, 6) is 0.173. The van der Waals surface area contributed by atoms with Crippen molar-refractivity contribution in [3.8, 4) is 0 Å². The van der Waals surface area contributed by atoms with Crippen molar-refractivity contribution in [2.75, 3.05) is 0 Å². The second-order valence-corrected chi connectivity index (χ2v) is 6.29. The predicted octanol–water partition coefficient (Wildman–Crippen LogP) is 3.43. The van der Waals surface area contributed by atoms with Crippen LogP contribution in [0, 0.1) is 6.92 Å². The summed E-state index contributed by atoms with van der Waals surface area (Å²) in [7, 11) is 1.88. The Hall–Kier alpha value is -1.46. The molecule has 0 unspecified atom stereocenters. The lowest BCUT2D eigenvalue weighted by Gasteiger charge is -1.99. The normalized spacial score (nSPS) is 11.2. The number of carbonyl (C=O) groups excluding carboxylic acids is 1. The summed E-state index contributed by atoms with van der Waals surface area (Å²) in [6.07, 6.45) is 0.422. The van der Waals surface area contributed by atoms with Crippen LogP contribution in [0.4, 0.5) is 0 Å². The average Bonchev–Trinajstić information content (AvgIpc) is 2.93. The second-order valence-electron chi connectivity index (χ2n) is 4.26. The van der Waals surface area contributed by atoms with Crippen molar-refractivity contribution in [3.63, 3.8) is 0 Å². The Morgan fingerprint density at radius 2 is 2.22 bits per heavy atom. The third-order valence-corrected chi connectivity index (χ3v) is 4.99. The molecule has 0 aliphatic heterocycles. The lowest BCUT2D eigenvalue weighted by Crippen LogP contribution is -2.06. The van der Waals surface area contributed by atoms with Gasteiger partial charge in [-0.1, -0.05) is 0 Å². The van der Waals surface area contributed by atoms with Gasteiger partial charge in [0.25, 0.3) is 0 Å². The summed E-state index contributed by atoms with van der Waals surface area (Å²) in [6, 6.07) is 6.03. The first kappa shape index (κ1) is 11.6. The summed E-state index contributed by atoms with van der Waals surface area (Å²) < 4.78 is 4.18. The zero-order valence-corrected chi connectivity index (χ0v) is 11.8. The van der Waals surface area contributed by atoms with Crippen molar-refractivity contribution < 1.29 is 4.79 Å². The fourth-order valence-electron chi connectivity index (χ4n) is 1.98. The van der Waals surface area contributed by atoms with Gasteiger partial charge in [0.05, 0.1) is 17.0 Å². The summed E-state index contributed by atoms with van der Waals surface area (Å²) in [6.45, 7) is 1.94. The van der Waals surface area contributed by atoms with Crippen LogP contribution in [-0.4, -0.2) is 15.6 Å². The predicted molar refractivity (Wildman–Crippen MR) is 75.7 cm³/mol. The molecule has 0 spiro atoms. The summed E-state index contributed by atoms with van der Waals surface area (Å²) >= 11 is 3.25. The maximum Gasteiger partial charge on any atom is 0.178 e. The average molecular weight is 276 g/mol. The zero-order chi connectivity index (χ0) is 12.7. The first-order valence-corrected chi connectivity index (χ1v) is 7.33. The van der Waals surface area contributed by atoms with Gasteiger partial charge in [0, 0.05) is 22.1 Å². The van der Waals surface area contributed by atoms with Gasteiger partial charge in [-0.15, -0.1) is 22.7 Å². The van der Waals surface area contributed by atoms with E-state index in [-0.39, 0.29) is 5.78 Å². The van der Waals surface area contributed by atoms with Crippen LogP contribution in [0.3, 0.4) is 0 Å². The van der Waals surface area contributed by atoms with Crippen molar-refractivity contribution in [1.29, 1.82) is 0 Å². The Labute approximate surface area is 113 Å². The molecule has 0 N–H and O–H groups in total. The highest BCUT2D eigenvalue weighted by Crippen LogP contribution is 2.30. The van der Waals surface area contributed by atoms with E-state index < -0.39 is 0 Å². The molecule has 0 aromatic carbocycles. The molecule has 3 heterocycles. The Kier molecular flexibility index (Phi) is 2.80. The van der Waals surface area contributed by atoms with Crippen LogP contribution >= 0.6 is 22.7 Å². The van der Waals surface area contributed by atoms with Gasteiger partial charge in [0.15, 0.2) is 5.78 Å². The number of hydrogen-bond acceptors (Lipinski definition) is 4. The Morgan fingerprint density at radius 1 is 1.39 bits per heavy atom. The van der Waals surface area contributed by atoms with Crippen molar-refractivity contribution in [3.05, 3.63) is 39.8 Å². The summed E-state index contributed by atoms with van der Waals surface area (Å²) in [4.78, 5) is 13.1. The lowest BCUT2D eigenvalue weighted by molar-refractivity contribution is 0.0994. The van der Waals surface area contributed by atoms with Crippen molar-refractivity contribution >= 4 is 37.9 Å². The minimum Gasteiger partial charge on any atom is -0.293 e. The molecule has 18 heavy (non-hydrogen) atoms. The molecule has 0 aliphatic rings. The number of hydrogen-bond donors (Lipinski definition) is 0. The van der Waals surface area contributed by atoms with Crippen LogP contribution < -0.4 is 0 Å². The van der Waals surface area contributed by atoms with E-state index >= 15 is 0 Å². The number of aryl methyl sites for hydroxylation is 2. The minimum absolute atomic E-state index is 0.173. The number of carbonyl (C=O) groups is 1. The molecular formula is C13H12N2OS2. The number of aromatic nitrogens is 2. The van der Waals surface area contributed by atoms with Gasteiger partial charge in [0.2, 0.25) is 0 Å². The monoisotopic (exact) mass is 276 g/mol. The van der Waals surface area contributed by atoms with Gasteiger partial charge >= 0.3 is 0 Å². The molecule has 0 saturated heterocycles. The minimum atomic E-state index is 0.173. The van der Waals surface area contributed by atoms with Gasteiger partial charge in [-0.3, -0.25) is 9.48 Å². The van der Waals surface area contributed by atoms with E-state index in [0.29, 0.717) is 6.42 Å². The number of rotatable bonds is 3. The lowest BCUT2D eigenvalue weighted by atomic mass is 10.2. The van der Waals surface area contributed by atoms with Gasteiger partial charge in [-0.25, -0.2) is 0 Å². The Morgan fingerprint density at radius 3 is 2.89 bits per heavy atom. The molecule has 0 aliphatic carbocycles. The number of fused-ring (bicyclic) bond motifs is 1. The van der Waals surface area contributed by atoms with Gasteiger partial charge in [-0.05, 0) is 30.5 Å². The van der Waals surface area contributed by atoms with Crippen molar-refractivity contribution in [2.45, 2.75) is 13.3 Å². The third kappa shape index (κ3) is 2.00. The smallest absolute Gasteiger partial charge is 0.178 e. The van der Waals surface area contributed by atoms with Crippen molar-refractivity contribution in [1.82, 2.24) is 9.78 Å². The van der Waals surface area contributed by atoms with Crippen LogP contribution in [0.25, 0.3) is 9.40 Å². The molecule has 0 amide bonds. The second kappa shape index (κ2) is 4.33. The highest BCUT2D eigenvalue weighted by atomic mass is 32.1. The SMILES string of the molecule is Cc1cc(CC(=O)c2cc3sccc3s2)n(C)n1. The highest BCUT2D eigenvalue weighted by Gasteiger charge is 2.14. The number of nitrogens with zero attached hydrogens (tertiary/aromatic N) is 2. The fourth-order valence-corrected chi connectivity index (χ4v) is 4.03. The summed E-state index contributed by atoms with van der Waals surface area (Å²) in [5, 5.41) is 6.32. The molecule has 0 radical (unpaired) electrons. The number of thiophene rings is 2. The molecule has 5 heteroatoms. The molecule has 0 fully saturated rings. The third-order valence-electron chi connectivity index (χ3n) is 2.85. The quantitative estimate of drug-likeness (QED) is 0.687. The van der Waals surface area contributed by atoms with Crippen molar-refractivity contribution in [2.24, 2.45) is 7.05 Å². The van der Waals surface area contributed by atoms with E-state index in [0.717, 1.165) is 16.3 Å². The molecule has 0 bridgehead atoms. The number of ketones is 1. The van der Waals surface area contributed by atoms with E-state index in [9.17, 15) is 4.79 Å². The van der Waals surface area contributed by atoms with Crippen LogP contribution in [0.1, 0.15) is 21.1 Å². The van der Waals surface area contributed by atoms with Gasteiger partial charge in [-0.2, -0.15) is 5.10 Å². The van der Waals surface area contributed by atoms with Crippen LogP contribution in [-0.2, 0) is 13.5 Å². The van der Waals surface area contributed by atoms with Crippen LogP contribution in [0.15, 0.2) is 23.6 Å². The largest absolute Gasteiger partial charge is 0.293 e. The van der Waals surface area contributed by atoms with E-state index in [4.69, 9.17) is 0 Å². The van der Waals surface area contributed by atoms with E-state index in [1.165, 1.54) is 9.40 Å². The molecular weight excluding hydrogens is 264 g/mol. The molecule has 0 saturated carbocycles. The van der Waals surface area contributed by atoms with Gasteiger partial charge < -0.3 is 0 Å². The first-order chi connectivity index (χ1) is 8.63. The summed E-state index contributed by atoms with van der Waals surface area (Å²) in [5.41, 5.74) is 1.92. The Balaban J connectivity index is 1.87. The van der Waals surface area contributed by atoms with E-state index in [1.54, 1.807) is 27.4 Å². The Bertz CT molecular complexity index is 692. The highest BCUT2D eigenvalue weighted by molar-refractivity contribution is 7.27. The molecule has 92 valence electrons. The maximum atomic E-state index is 12.2. The van der Waals surface area contributed by atoms with Crippen LogP contribution in [0.5, 0.6) is 0 Å². The number of Topliss-reactive ketones (excluding diaryl/α,β-unsaturated/α-hetero) is 1. The van der Waals surface area contributed by atoms with E-state index in [1.807, 2.05) is 26.1 Å². The van der Waals surface area contributed by atoms with Crippen LogP contribution in [0.2, 0.25) is 0 Å². The molecule has 0 atom stereocenters. The van der Waals surface area contributed by atoms with E-state index in [2.05, 4.69) is 16.5 Å². The standard InChI is InChI=1S/C13H12N2OS2/c1-8-5-9(15(2)14-8)6-10(16)12-7-13-11(18-12)3-4-17-13/h3-5,7H,6H2,1-2H3. The molecule has 3 rings (SSSR count). The fraction of sp³-hybridized carbons (Fsp3) is 0.231. The zero-order valence-electron chi connectivity index (χ0n) is 10.1.